The molecule has 0 saturated carbocycles. The summed E-state index contributed by atoms with van der Waals surface area (Å²) in [5.41, 5.74) is 5.87. The van der Waals surface area contributed by atoms with Crippen LogP contribution in [0.1, 0.15) is 79.6 Å². The first-order valence-corrected chi connectivity index (χ1v) is 16.0. The van der Waals surface area contributed by atoms with Crippen LogP contribution in [0.3, 0.4) is 0 Å². The molecule has 0 spiro atoms. The summed E-state index contributed by atoms with van der Waals surface area (Å²) in [6.45, 7) is 2.63. The average molecular weight is 617 g/mol. The highest BCUT2D eigenvalue weighted by atomic mass is 16.7. The van der Waals surface area contributed by atoms with Gasteiger partial charge in [-0.3, -0.25) is 14.5 Å². The number of benzene rings is 3. The van der Waals surface area contributed by atoms with E-state index in [0.29, 0.717) is 38.8 Å². The third-order valence-electron chi connectivity index (χ3n) is 8.61. The number of likely N-dealkylation sites (tertiary alicyclic amines) is 1. The molecule has 240 valence electrons. The molecule has 4 atom stereocenters. The van der Waals surface area contributed by atoms with E-state index < -0.39 is 12.3 Å². The number of β-amino-alcohol motifs (C(OH)–C–C–N with tert-alkyl or cyclic N) is 1. The molecule has 2 saturated heterocycles. The van der Waals surface area contributed by atoms with Gasteiger partial charge in [-0.25, -0.2) is 0 Å². The van der Waals surface area contributed by atoms with Crippen molar-refractivity contribution in [3.63, 3.8) is 0 Å². The summed E-state index contributed by atoms with van der Waals surface area (Å²) >= 11 is 0. The van der Waals surface area contributed by atoms with Gasteiger partial charge in [0.25, 0.3) is 0 Å². The molecule has 1 amide bonds. The molecule has 5 rings (SSSR count). The van der Waals surface area contributed by atoms with E-state index in [4.69, 9.17) is 14.6 Å². The SMILES string of the molecule is O=C(O)CCCCCC(=O)NCc1ccccc1-c1ccc(C2OC(CN3CCC(O)C3)CC(c3ccc(CO)cc3)O2)cc1. The Morgan fingerprint density at radius 3 is 2.33 bits per heavy atom. The Morgan fingerprint density at radius 2 is 1.62 bits per heavy atom. The first kappa shape index (κ1) is 32.8. The van der Waals surface area contributed by atoms with Crippen LogP contribution in [0, 0.1) is 0 Å². The van der Waals surface area contributed by atoms with Crippen LogP contribution in [0.2, 0.25) is 0 Å². The minimum atomic E-state index is -0.805. The molecule has 2 fully saturated rings. The average Bonchev–Trinajstić information content (AvgIpc) is 3.47. The Kier molecular flexibility index (Phi) is 11.7. The van der Waals surface area contributed by atoms with Crippen LogP contribution in [-0.2, 0) is 32.2 Å². The first-order chi connectivity index (χ1) is 21.9. The highest BCUT2D eigenvalue weighted by molar-refractivity contribution is 5.76. The molecule has 0 aliphatic carbocycles. The number of nitrogens with one attached hydrogen (secondary N) is 1. The number of rotatable bonds is 14. The maximum absolute atomic E-state index is 12.4. The molecule has 3 aromatic carbocycles. The number of unbranched alkanes of at least 4 members (excludes halogenated alkanes) is 2. The van der Waals surface area contributed by atoms with Gasteiger partial charge in [-0.15, -0.1) is 0 Å². The second-order valence-electron chi connectivity index (χ2n) is 12.1. The normalized spacial score (nSPS) is 21.9. The molecule has 3 aromatic rings. The van der Waals surface area contributed by atoms with E-state index in [1.165, 1.54) is 0 Å². The van der Waals surface area contributed by atoms with Crippen LogP contribution in [0.4, 0.5) is 0 Å². The quantitative estimate of drug-likeness (QED) is 0.184. The second-order valence-corrected chi connectivity index (χ2v) is 12.1. The summed E-state index contributed by atoms with van der Waals surface area (Å²) in [6, 6.07) is 24.0. The van der Waals surface area contributed by atoms with Crippen molar-refractivity contribution >= 4 is 11.9 Å². The third kappa shape index (κ3) is 9.45. The molecule has 4 N–H and O–H groups in total. The molecular formula is C36H44N2O7. The number of hydrogen-bond acceptors (Lipinski definition) is 7. The maximum atomic E-state index is 12.4. The van der Waals surface area contributed by atoms with E-state index in [-0.39, 0.29) is 37.2 Å². The molecule has 2 aliphatic rings. The van der Waals surface area contributed by atoms with E-state index in [1.807, 2.05) is 60.7 Å². The number of aliphatic hydroxyl groups excluding tert-OH is 2. The van der Waals surface area contributed by atoms with Crippen LogP contribution < -0.4 is 5.32 Å². The standard InChI is InChI=1S/C36H44N2O7/c39-24-25-10-12-27(13-11-25)33-20-31(23-38-19-18-30(40)22-38)44-36(45-33)28-16-14-26(15-17-28)32-7-5-4-6-29(32)21-37-34(41)8-2-1-3-9-35(42)43/h4-7,10-17,30-31,33,36,39-40H,1-3,8-9,18-24H2,(H,37,41)(H,42,43). The van der Waals surface area contributed by atoms with Gasteiger partial charge in [0.2, 0.25) is 5.91 Å². The zero-order valence-electron chi connectivity index (χ0n) is 25.6. The zero-order chi connectivity index (χ0) is 31.6. The molecule has 4 unspecified atom stereocenters. The fourth-order valence-electron chi connectivity index (χ4n) is 6.10. The summed E-state index contributed by atoms with van der Waals surface area (Å²) in [6.07, 6.45) is 2.87. The summed E-state index contributed by atoms with van der Waals surface area (Å²) in [7, 11) is 0. The fraction of sp³-hybridized carbons (Fsp3) is 0.444. The Balaban J connectivity index is 1.24. The Hall–Kier alpha value is -3.60. The lowest BCUT2D eigenvalue weighted by Gasteiger charge is -2.38. The summed E-state index contributed by atoms with van der Waals surface area (Å²) in [4.78, 5) is 25.3. The molecular weight excluding hydrogens is 572 g/mol. The van der Waals surface area contributed by atoms with Crippen molar-refractivity contribution in [2.75, 3.05) is 19.6 Å². The minimum Gasteiger partial charge on any atom is -0.481 e. The number of carboxylic acid groups (broad SMARTS) is 1. The van der Waals surface area contributed by atoms with Gasteiger partial charge >= 0.3 is 5.97 Å². The second kappa shape index (κ2) is 16.1. The number of aliphatic hydroxyl groups is 2. The summed E-state index contributed by atoms with van der Waals surface area (Å²) < 4.78 is 13.0. The molecule has 0 aromatic heterocycles. The number of carbonyl (C=O) groups is 2. The van der Waals surface area contributed by atoms with Crippen molar-refractivity contribution in [1.82, 2.24) is 10.2 Å². The van der Waals surface area contributed by atoms with Gasteiger partial charge in [-0.1, -0.05) is 79.2 Å². The van der Waals surface area contributed by atoms with Gasteiger partial charge in [0, 0.05) is 51.0 Å². The van der Waals surface area contributed by atoms with Crippen molar-refractivity contribution in [3.8, 4) is 11.1 Å². The van der Waals surface area contributed by atoms with E-state index in [1.54, 1.807) is 0 Å². The smallest absolute Gasteiger partial charge is 0.303 e. The third-order valence-corrected chi connectivity index (χ3v) is 8.61. The van der Waals surface area contributed by atoms with Crippen molar-refractivity contribution in [1.29, 1.82) is 0 Å². The van der Waals surface area contributed by atoms with E-state index >= 15 is 0 Å². The largest absolute Gasteiger partial charge is 0.481 e. The van der Waals surface area contributed by atoms with Crippen LogP contribution in [-0.4, -0.2) is 63.9 Å². The van der Waals surface area contributed by atoms with Crippen LogP contribution in [0.15, 0.2) is 72.8 Å². The monoisotopic (exact) mass is 616 g/mol. The predicted octanol–water partition coefficient (Wildman–Crippen LogP) is 5.11. The lowest BCUT2D eigenvalue weighted by atomic mass is 9.97. The number of ether oxygens (including phenoxy) is 2. The van der Waals surface area contributed by atoms with Crippen molar-refractivity contribution in [2.24, 2.45) is 0 Å². The van der Waals surface area contributed by atoms with Gasteiger partial charge in [0.05, 0.1) is 24.9 Å². The highest BCUT2D eigenvalue weighted by Gasteiger charge is 2.34. The molecule has 0 bridgehead atoms. The Bertz CT molecular complexity index is 1400. The van der Waals surface area contributed by atoms with E-state index in [0.717, 1.165) is 59.3 Å². The van der Waals surface area contributed by atoms with E-state index in [9.17, 15) is 19.8 Å². The molecule has 9 heteroatoms. The Labute approximate surface area is 264 Å². The number of carboxylic acids is 1. The summed E-state index contributed by atoms with van der Waals surface area (Å²) in [5, 5.41) is 31.3. The van der Waals surface area contributed by atoms with Gasteiger partial charge in [0.1, 0.15) is 0 Å². The Morgan fingerprint density at radius 1 is 0.889 bits per heavy atom. The van der Waals surface area contributed by atoms with Gasteiger partial charge in [0.15, 0.2) is 6.29 Å². The van der Waals surface area contributed by atoms with Crippen LogP contribution in [0.5, 0.6) is 0 Å². The first-order valence-electron chi connectivity index (χ1n) is 16.0. The number of amides is 1. The number of nitrogens with zero attached hydrogens (tertiary/aromatic N) is 1. The number of carbonyl (C=O) groups excluding carboxylic acids is 1. The lowest BCUT2D eigenvalue weighted by Crippen LogP contribution is -2.38. The van der Waals surface area contributed by atoms with Gasteiger partial charge in [-0.05, 0) is 47.1 Å². The van der Waals surface area contributed by atoms with Gasteiger partial charge in [-0.2, -0.15) is 0 Å². The molecule has 2 aliphatic heterocycles. The number of aliphatic carboxylic acids is 1. The summed E-state index contributed by atoms with van der Waals surface area (Å²) in [5.74, 6) is -0.846. The van der Waals surface area contributed by atoms with Gasteiger partial charge < -0.3 is 30.1 Å². The fourth-order valence-corrected chi connectivity index (χ4v) is 6.10. The van der Waals surface area contributed by atoms with Crippen molar-refractivity contribution in [2.45, 2.75) is 82.7 Å². The van der Waals surface area contributed by atoms with Crippen molar-refractivity contribution in [3.05, 3.63) is 95.1 Å². The molecule has 0 radical (unpaired) electrons. The van der Waals surface area contributed by atoms with Crippen LogP contribution in [0.25, 0.3) is 11.1 Å². The number of hydrogen-bond donors (Lipinski definition) is 4. The van der Waals surface area contributed by atoms with Crippen molar-refractivity contribution < 1.29 is 34.4 Å². The topological polar surface area (TPSA) is 129 Å². The zero-order valence-corrected chi connectivity index (χ0v) is 25.6. The molecule has 2 heterocycles. The molecule has 9 nitrogen and oxygen atoms in total. The maximum Gasteiger partial charge on any atom is 0.303 e. The van der Waals surface area contributed by atoms with Crippen LogP contribution >= 0.6 is 0 Å². The lowest BCUT2D eigenvalue weighted by molar-refractivity contribution is -0.252. The highest BCUT2D eigenvalue weighted by Crippen LogP contribution is 2.39. The van der Waals surface area contributed by atoms with E-state index in [2.05, 4.69) is 22.3 Å². The molecule has 45 heavy (non-hydrogen) atoms. The predicted molar refractivity (Wildman–Crippen MR) is 170 cm³/mol. The minimum absolute atomic E-state index is 0.00448.